The number of anilines is 1. The van der Waals surface area contributed by atoms with Crippen molar-refractivity contribution in [2.24, 2.45) is 0 Å². The van der Waals surface area contributed by atoms with E-state index in [1.165, 1.54) is 11.6 Å². The molecular formula is C16H18N2O2S. The number of nitrogens with two attached hydrogens (primary N) is 1. The summed E-state index contributed by atoms with van der Waals surface area (Å²) in [6.45, 7) is 0. The Kier molecular flexibility index (Phi) is 3.69. The van der Waals surface area contributed by atoms with Crippen molar-refractivity contribution in [2.45, 2.75) is 30.2 Å². The number of benzene rings is 2. The van der Waals surface area contributed by atoms with E-state index in [9.17, 15) is 8.42 Å². The minimum Gasteiger partial charge on any atom is -0.398 e. The quantitative estimate of drug-likeness (QED) is 0.856. The molecule has 0 radical (unpaired) electrons. The lowest BCUT2D eigenvalue weighted by Gasteiger charge is -2.26. The molecule has 1 unspecified atom stereocenters. The lowest BCUT2D eigenvalue weighted by Crippen LogP contribution is -2.31. The van der Waals surface area contributed by atoms with E-state index in [2.05, 4.69) is 10.8 Å². The SMILES string of the molecule is Nc1ccccc1S(=O)(=O)NC1CCCc2ccccc21. The Labute approximate surface area is 125 Å². The van der Waals surface area contributed by atoms with E-state index in [0.29, 0.717) is 0 Å². The third kappa shape index (κ3) is 2.80. The zero-order chi connectivity index (χ0) is 14.9. The Morgan fingerprint density at radius 3 is 2.57 bits per heavy atom. The van der Waals surface area contributed by atoms with Gasteiger partial charge in [0.25, 0.3) is 0 Å². The second kappa shape index (κ2) is 5.50. The van der Waals surface area contributed by atoms with E-state index >= 15 is 0 Å². The molecule has 1 aliphatic carbocycles. The molecule has 0 amide bonds. The highest BCUT2D eigenvalue weighted by Gasteiger charge is 2.26. The topological polar surface area (TPSA) is 72.2 Å². The maximum Gasteiger partial charge on any atom is 0.243 e. The molecule has 0 aliphatic heterocycles. The van der Waals surface area contributed by atoms with Crippen molar-refractivity contribution in [1.29, 1.82) is 0 Å². The fourth-order valence-corrected chi connectivity index (χ4v) is 4.23. The van der Waals surface area contributed by atoms with Gasteiger partial charge < -0.3 is 5.73 Å². The minimum absolute atomic E-state index is 0.146. The molecule has 110 valence electrons. The number of sulfonamides is 1. The van der Waals surface area contributed by atoms with Crippen LogP contribution in [0.2, 0.25) is 0 Å². The first-order valence-corrected chi connectivity index (χ1v) is 8.51. The number of fused-ring (bicyclic) bond motifs is 1. The zero-order valence-electron chi connectivity index (χ0n) is 11.6. The van der Waals surface area contributed by atoms with Crippen LogP contribution in [-0.2, 0) is 16.4 Å². The monoisotopic (exact) mass is 302 g/mol. The molecule has 2 aromatic rings. The van der Waals surface area contributed by atoms with E-state index in [0.717, 1.165) is 24.8 Å². The van der Waals surface area contributed by atoms with Crippen LogP contribution < -0.4 is 10.5 Å². The van der Waals surface area contributed by atoms with Crippen LogP contribution in [0.15, 0.2) is 53.4 Å². The van der Waals surface area contributed by atoms with Crippen LogP contribution in [0.1, 0.15) is 30.0 Å². The lowest BCUT2D eigenvalue weighted by atomic mass is 9.88. The highest BCUT2D eigenvalue weighted by atomic mass is 32.2. The summed E-state index contributed by atoms with van der Waals surface area (Å²) in [4.78, 5) is 0.146. The van der Waals surface area contributed by atoms with Crippen LogP contribution in [0, 0.1) is 0 Å². The lowest BCUT2D eigenvalue weighted by molar-refractivity contribution is 0.507. The predicted octanol–water partition coefficient (Wildman–Crippen LogP) is 2.62. The second-order valence-corrected chi connectivity index (χ2v) is 6.99. The van der Waals surface area contributed by atoms with Gasteiger partial charge in [-0.25, -0.2) is 13.1 Å². The number of hydrogen-bond acceptors (Lipinski definition) is 3. The normalized spacial score (nSPS) is 18.2. The summed E-state index contributed by atoms with van der Waals surface area (Å²) in [5, 5.41) is 0. The first-order valence-electron chi connectivity index (χ1n) is 7.02. The van der Waals surface area contributed by atoms with E-state index in [-0.39, 0.29) is 16.6 Å². The zero-order valence-corrected chi connectivity index (χ0v) is 12.4. The molecule has 0 saturated heterocycles. The summed E-state index contributed by atoms with van der Waals surface area (Å²) >= 11 is 0. The van der Waals surface area contributed by atoms with Gasteiger partial charge >= 0.3 is 0 Å². The van der Waals surface area contributed by atoms with Gasteiger partial charge in [-0.05, 0) is 42.5 Å². The van der Waals surface area contributed by atoms with E-state index in [1.54, 1.807) is 18.2 Å². The molecule has 4 nitrogen and oxygen atoms in total. The van der Waals surface area contributed by atoms with Crippen LogP contribution in [0.4, 0.5) is 5.69 Å². The fraction of sp³-hybridized carbons (Fsp3) is 0.250. The number of aryl methyl sites for hydroxylation is 1. The largest absolute Gasteiger partial charge is 0.398 e. The molecule has 0 bridgehead atoms. The summed E-state index contributed by atoms with van der Waals surface area (Å²) in [5.41, 5.74) is 8.35. The molecule has 3 N–H and O–H groups in total. The van der Waals surface area contributed by atoms with Gasteiger partial charge in [-0.1, -0.05) is 36.4 Å². The van der Waals surface area contributed by atoms with Crippen molar-refractivity contribution >= 4 is 15.7 Å². The minimum atomic E-state index is -3.61. The average Bonchev–Trinajstić information content (AvgIpc) is 2.47. The Morgan fingerprint density at radius 2 is 1.76 bits per heavy atom. The smallest absolute Gasteiger partial charge is 0.243 e. The van der Waals surface area contributed by atoms with Crippen LogP contribution in [0.3, 0.4) is 0 Å². The molecule has 21 heavy (non-hydrogen) atoms. The van der Waals surface area contributed by atoms with Gasteiger partial charge in [0.05, 0.1) is 5.69 Å². The fourth-order valence-electron chi connectivity index (χ4n) is 2.85. The highest BCUT2D eigenvalue weighted by Crippen LogP contribution is 2.31. The maximum absolute atomic E-state index is 12.5. The van der Waals surface area contributed by atoms with Crippen molar-refractivity contribution in [2.75, 3.05) is 5.73 Å². The number of nitrogen functional groups attached to an aromatic ring is 1. The Balaban J connectivity index is 1.93. The highest BCUT2D eigenvalue weighted by molar-refractivity contribution is 7.89. The van der Waals surface area contributed by atoms with Gasteiger partial charge in [-0.2, -0.15) is 0 Å². The van der Waals surface area contributed by atoms with E-state index in [4.69, 9.17) is 5.73 Å². The summed E-state index contributed by atoms with van der Waals surface area (Å²) < 4.78 is 27.9. The molecule has 1 aliphatic rings. The number of nitrogens with one attached hydrogen (secondary N) is 1. The van der Waals surface area contributed by atoms with Gasteiger partial charge in [-0.3, -0.25) is 0 Å². The molecular weight excluding hydrogens is 284 g/mol. The van der Waals surface area contributed by atoms with Crippen molar-refractivity contribution in [3.8, 4) is 0 Å². The number of para-hydroxylation sites is 1. The Hall–Kier alpha value is -1.85. The standard InChI is InChI=1S/C16H18N2O2S/c17-14-9-3-4-11-16(14)21(19,20)18-15-10-5-7-12-6-1-2-8-13(12)15/h1-4,6,8-9,11,15,18H,5,7,10,17H2. The van der Waals surface area contributed by atoms with Crippen molar-refractivity contribution in [3.05, 3.63) is 59.7 Å². The Morgan fingerprint density at radius 1 is 1.05 bits per heavy atom. The Bertz CT molecular complexity index is 756. The van der Waals surface area contributed by atoms with Crippen molar-refractivity contribution in [1.82, 2.24) is 4.72 Å². The maximum atomic E-state index is 12.5. The third-order valence-electron chi connectivity index (χ3n) is 3.88. The number of rotatable bonds is 3. The first kappa shape index (κ1) is 14.1. The molecule has 5 heteroatoms. The molecule has 0 fully saturated rings. The average molecular weight is 302 g/mol. The molecule has 0 spiro atoms. The van der Waals surface area contributed by atoms with E-state index in [1.807, 2.05) is 18.2 Å². The summed E-state index contributed by atoms with van der Waals surface area (Å²) in [7, 11) is -3.61. The summed E-state index contributed by atoms with van der Waals surface area (Å²) in [6, 6.07) is 14.4. The molecule has 1 atom stereocenters. The predicted molar refractivity (Wildman–Crippen MR) is 83.3 cm³/mol. The van der Waals surface area contributed by atoms with Crippen molar-refractivity contribution < 1.29 is 8.42 Å². The van der Waals surface area contributed by atoms with E-state index < -0.39 is 10.0 Å². The third-order valence-corrected chi connectivity index (χ3v) is 5.42. The molecule has 0 aromatic heterocycles. The molecule has 0 saturated carbocycles. The molecule has 0 heterocycles. The van der Waals surface area contributed by atoms with Gasteiger partial charge in [0.1, 0.15) is 4.90 Å². The van der Waals surface area contributed by atoms with Gasteiger partial charge in [0.2, 0.25) is 10.0 Å². The van der Waals surface area contributed by atoms with Crippen LogP contribution >= 0.6 is 0 Å². The first-order chi connectivity index (χ1) is 10.1. The summed E-state index contributed by atoms with van der Waals surface area (Å²) in [5.74, 6) is 0. The van der Waals surface area contributed by atoms with Crippen LogP contribution in [-0.4, -0.2) is 8.42 Å². The van der Waals surface area contributed by atoms with Gasteiger partial charge in [0, 0.05) is 6.04 Å². The molecule has 3 rings (SSSR count). The van der Waals surface area contributed by atoms with Crippen molar-refractivity contribution in [3.63, 3.8) is 0 Å². The second-order valence-electron chi connectivity index (χ2n) is 5.30. The van der Waals surface area contributed by atoms with Crippen LogP contribution in [0.25, 0.3) is 0 Å². The summed E-state index contributed by atoms with van der Waals surface area (Å²) in [6.07, 6.45) is 2.79. The number of hydrogen-bond donors (Lipinski definition) is 2. The van der Waals surface area contributed by atoms with Gasteiger partial charge in [0.15, 0.2) is 0 Å². The van der Waals surface area contributed by atoms with Gasteiger partial charge in [-0.15, -0.1) is 0 Å². The molecule has 2 aromatic carbocycles. The van der Waals surface area contributed by atoms with Crippen LogP contribution in [0.5, 0.6) is 0 Å².